The number of aryl methyl sites for hydroxylation is 1. The molecule has 1 aromatic carbocycles. The summed E-state index contributed by atoms with van der Waals surface area (Å²) in [6.07, 6.45) is -0.0144. The molecule has 0 spiro atoms. The summed E-state index contributed by atoms with van der Waals surface area (Å²) in [7, 11) is 1.59. The van der Waals surface area contributed by atoms with Gasteiger partial charge < -0.3 is 20.4 Å². The molecule has 0 heterocycles. The van der Waals surface area contributed by atoms with Crippen LogP contribution in [-0.2, 0) is 11.3 Å². The Morgan fingerprint density at radius 2 is 1.90 bits per heavy atom. The van der Waals surface area contributed by atoms with Gasteiger partial charge in [0.15, 0.2) is 0 Å². The van der Waals surface area contributed by atoms with E-state index < -0.39 is 18.0 Å². The number of carbonyl (C=O) groups excluding carboxylic acids is 1. The van der Waals surface area contributed by atoms with Crippen LogP contribution in [-0.4, -0.2) is 46.8 Å². The average molecular weight is 280 g/mol. The van der Waals surface area contributed by atoms with Crippen molar-refractivity contribution in [3.63, 3.8) is 0 Å². The van der Waals surface area contributed by atoms with Crippen molar-refractivity contribution in [2.24, 2.45) is 0 Å². The maximum absolute atomic E-state index is 11.9. The van der Waals surface area contributed by atoms with Gasteiger partial charge in [0.2, 0.25) is 0 Å². The molecule has 0 saturated heterocycles. The van der Waals surface area contributed by atoms with Gasteiger partial charge in [0, 0.05) is 26.6 Å². The van der Waals surface area contributed by atoms with Gasteiger partial charge >= 0.3 is 12.0 Å². The molecule has 0 unspecified atom stereocenters. The third-order valence-corrected chi connectivity index (χ3v) is 2.90. The van der Waals surface area contributed by atoms with Crippen LogP contribution in [0.3, 0.4) is 0 Å². The Morgan fingerprint density at radius 3 is 2.40 bits per heavy atom. The predicted molar refractivity (Wildman–Crippen MR) is 74.3 cm³/mol. The molecule has 1 atom stereocenters. The summed E-state index contributed by atoms with van der Waals surface area (Å²) in [6, 6.07) is 6.18. The van der Waals surface area contributed by atoms with Gasteiger partial charge in [-0.05, 0) is 12.5 Å². The summed E-state index contributed by atoms with van der Waals surface area (Å²) in [5, 5.41) is 20.1. The minimum Gasteiger partial charge on any atom is -0.480 e. The first-order valence-corrected chi connectivity index (χ1v) is 6.35. The third kappa shape index (κ3) is 4.89. The highest BCUT2D eigenvalue weighted by Gasteiger charge is 2.21. The standard InChI is InChI=1S/C14H20N2O4/c1-10-3-5-11(6-4-10)9-16(2)14(20)15-12(7-8-17)13(18)19/h3-6,12,17H,7-9H2,1-2H3,(H,15,20)(H,18,19)/t12-/m1/s1. The Balaban J connectivity index is 2.57. The average Bonchev–Trinajstić information content (AvgIpc) is 2.40. The molecule has 0 aliphatic heterocycles. The van der Waals surface area contributed by atoms with Crippen molar-refractivity contribution in [2.75, 3.05) is 13.7 Å². The number of aliphatic hydroxyl groups is 1. The summed E-state index contributed by atoms with van der Waals surface area (Å²) in [5.74, 6) is -1.16. The highest BCUT2D eigenvalue weighted by molar-refractivity contribution is 5.82. The van der Waals surface area contributed by atoms with Crippen LogP contribution in [0, 0.1) is 6.92 Å². The van der Waals surface area contributed by atoms with Gasteiger partial charge in [-0.1, -0.05) is 29.8 Å². The Morgan fingerprint density at radius 1 is 1.30 bits per heavy atom. The lowest BCUT2D eigenvalue weighted by molar-refractivity contribution is -0.139. The smallest absolute Gasteiger partial charge is 0.326 e. The molecule has 0 bridgehead atoms. The lowest BCUT2D eigenvalue weighted by Crippen LogP contribution is -2.46. The molecule has 3 N–H and O–H groups in total. The largest absolute Gasteiger partial charge is 0.480 e. The maximum atomic E-state index is 11.9. The SMILES string of the molecule is Cc1ccc(CN(C)C(=O)N[C@H](CCO)C(=O)O)cc1. The third-order valence-electron chi connectivity index (χ3n) is 2.90. The number of carboxylic acid groups (broad SMARTS) is 1. The molecule has 110 valence electrons. The van der Waals surface area contributed by atoms with Crippen LogP contribution in [0.25, 0.3) is 0 Å². The van der Waals surface area contributed by atoms with E-state index in [1.807, 2.05) is 31.2 Å². The first-order valence-electron chi connectivity index (χ1n) is 6.35. The molecule has 6 nitrogen and oxygen atoms in total. The van der Waals surface area contributed by atoms with Gasteiger partial charge in [-0.15, -0.1) is 0 Å². The summed E-state index contributed by atoms with van der Waals surface area (Å²) in [4.78, 5) is 24.2. The van der Waals surface area contributed by atoms with Gasteiger partial charge in [-0.3, -0.25) is 0 Å². The zero-order valence-electron chi connectivity index (χ0n) is 11.7. The number of benzene rings is 1. The molecule has 20 heavy (non-hydrogen) atoms. The van der Waals surface area contributed by atoms with Crippen LogP contribution in [0.15, 0.2) is 24.3 Å². The fourth-order valence-corrected chi connectivity index (χ4v) is 1.68. The van der Waals surface area contributed by atoms with Gasteiger partial charge in [-0.2, -0.15) is 0 Å². The van der Waals surface area contributed by atoms with E-state index in [0.29, 0.717) is 6.54 Å². The Labute approximate surface area is 118 Å². The highest BCUT2D eigenvalue weighted by atomic mass is 16.4. The van der Waals surface area contributed by atoms with Crippen LogP contribution in [0.4, 0.5) is 4.79 Å². The predicted octanol–water partition coefficient (Wildman–Crippen LogP) is 0.972. The molecule has 0 fully saturated rings. The fourth-order valence-electron chi connectivity index (χ4n) is 1.68. The number of hydrogen-bond acceptors (Lipinski definition) is 3. The number of nitrogens with one attached hydrogen (secondary N) is 1. The monoisotopic (exact) mass is 280 g/mol. The van der Waals surface area contributed by atoms with E-state index in [0.717, 1.165) is 11.1 Å². The zero-order valence-corrected chi connectivity index (χ0v) is 11.7. The normalized spacial score (nSPS) is 11.8. The van der Waals surface area contributed by atoms with Crippen LogP contribution in [0.2, 0.25) is 0 Å². The lowest BCUT2D eigenvalue weighted by atomic mass is 10.1. The molecule has 0 radical (unpaired) electrons. The summed E-state index contributed by atoms with van der Waals surface area (Å²) < 4.78 is 0. The molecule has 0 saturated carbocycles. The second-order valence-electron chi connectivity index (χ2n) is 4.69. The number of urea groups is 1. The molecular weight excluding hydrogens is 260 g/mol. The van der Waals surface area contributed by atoms with E-state index in [1.54, 1.807) is 7.05 Å². The van der Waals surface area contributed by atoms with Crippen LogP contribution < -0.4 is 5.32 Å². The number of carboxylic acids is 1. The van der Waals surface area contributed by atoms with E-state index in [-0.39, 0.29) is 13.0 Å². The van der Waals surface area contributed by atoms with Crippen molar-refractivity contribution in [2.45, 2.75) is 25.9 Å². The van der Waals surface area contributed by atoms with Crippen molar-refractivity contribution in [1.29, 1.82) is 0 Å². The van der Waals surface area contributed by atoms with Crippen molar-refractivity contribution >= 4 is 12.0 Å². The molecule has 1 aromatic rings. The quantitative estimate of drug-likeness (QED) is 0.724. The number of hydrogen-bond donors (Lipinski definition) is 3. The zero-order chi connectivity index (χ0) is 15.1. The number of aliphatic carboxylic acids is 1. The number of carbonyl (C=O) groups is 2. The van der Waals surface area contributed by atoms with Crippen molar-refractivity contribution in [3.8, 4) is 0 Å². The number of aliphatic hydroxyl groups excluding tert-OH is 1. The Bertz CT molecular complexity index is 459. The molecule has 6 heteroatoms. The maximum Gasteiger partial charge on any atom is 0.326 e. The van der Waals surface area contributed by atoms with E-state index in [9.17, 15) is 9.59 Å². The van der Waals surface area contributed by atoms with Gasteiger partial charge in [0.05, 0.1) is 0 Å². The van der Waals surface area contributed by atoms with Gasteiger partial charge in [0.25, 0.3) is 0 Å². The Kier molecular flexibility index (Phi) is 5.99. The molecule has 0 aliphatic rings. The van der Waals surface area contributed by atoms with Crippen LogP contribution in [0.5, 0.6) is 0 Å². The number of nitrogens with zero attached hydrogens (tertiary/aromatic N) is 1. The van der Waals surface area contributed by atoms with E-state index >= 15 is 0 Å². The first-order chi connectivity index (χ1) is 9.43. The van der Waals surface area contributed by atoms with Crippen LogP contribution >= 0.6 is 0 Å². The minimum absolute atomic E-state index is 0.0144. The van der Waals surface area contributed by atoms with E-state index in [2.05, 4.69) is 5.32 Å². The molecule has 0 aliphatic carbocycles. The molecule has 1 rings (SSSR count). The Hall–Kier alpha value is -2.08. The minimum atomic E-state index is -1.16. The molecular formula is C14H20N2O4. The highest BCUT2D eigenvalue weighted by Crippen LogP contribution is 2.06. The van der Waals surface area contributed by atoms with E-state index in [1.165, 1.54) is 4.90 Å². The van der Waals surface area contributed by atoms with Crippen molar-refractivity contribution in [1.82, 2.24) is 10.2 Å². The topological polar surface area (TPSA) is 89.9 Å². The first kappa shape index (κ1) is 16.0. The van der Waals surface area contributed by atoms with Crippen molar-refractivity contribution in [3.05, 3.63) is 35.4 Å². The summed E-state index contributed by atoms with van der Waals surface area (Å²) >= 11 is 0. The summed E-state index contributed by atoms with van der Waals surface area (Å²) in [6.45, 7) is 2.07. The van der Waals surface area contributed by atoms with Crippen LogP contribution in [0.1, 0.15) is 17.5 Å². The summed E-state index contributed by atoms with van der Waals surface area (Å²) in [5.41, 5.74) is 2.09. The van der Waals surface area contributed by atoms with Crippen molar-refractivity contribution < 1.29 is 19.8 Å². The second-order valence-corrected chi connectivity index (χ2v) is 4.69. The number of amides is 2. The second kappa shape index (κ2) is 7.49. The molecule has 0 aromatic heterocycles. The lowest BCUT2D eigenvalue weighted by Gasteiger charge is -2.21. The van der Waals surface area contributed by atoms with Gasteiger partial charge in [-0.25, -0.2) is 9.59 Å². The fraction of sp³-hybridized carbons (Fsp3) is 0.429. The molecule has 2 amide bonds. The van der Waals surface area contributed by atoms with E-state index in [4.69, 9.17) is 10.2 Å². The van der Waals surface area contributed by atoms with Gasteiger partial charge in [0.1, 0.15) is 6.04 Å². The number of rotatable bonds is 6.